The average molecular weight is 306 g/mol. The van der Waals surface area contributed by atoms with E-state index in [0.29, 0.717) is 11.8 Å². The van der Waals surface area contributed by atoms with E-state index in [0.717, 1.165) is 10.7 Å². The number of alkyl halides is 2. The average Bonchev–Trinajstić information content (AvgIpc) is 2.21. The van der Waals surface area contributed by atoms with Crippen molar-refractivity contribution < 1.29 is 0 Å². The van der Waals surface area contributed by atoms with Gasteiger partial charge in [0.25, 0.3) is 0 Å². The van der Waals surface area contributed by atoms with Crippen molar-refractivity contribution in [2.45, 2.75) is 12.8 Å². The summed E-state index contributed by atoms with van der Waals surface area (Å²) in [4.78, 5) is 0. The minimum Gasteiger partial charge on any atom is -0.0925 e. The summed E-state index contributed by atoms with van der Waals surface area (Å²) in [5.41, 5.74) is 1.42. The molecule has 0 N–H and O–H groups in total. The van der Waals surface area contributed by atoms with Crippen molar-refractivity contribution in [1.82, 2.24) is 0 Å². The summed E-state index contributed by atoms with van der Waals surface area (Å²) < 4.78 is 0. The molecule has 0 amide bonds. The van der Waals surface area contributed by atoms with E-state index < -0.39 is 0 Å². The van der Waals surface area contributed by atoms with Gasteiger partial charge in [0.2, 0.25) is 0 Å². The molecule has 0 saturated heterocycles. The minimum atomic E-state index is 0.611. The molecular weight excluding hydrogens is 292 g/mol. The fraction of sp³-hybridized carbons (Fsp3) is 0.455. The summed E-state index contributed by atoms with van der Waals surface area (Å²) in [7, 11) is 0. The quantitative estimate of drug-likeness (QED) is 0.732. The fourth-order valence-electron chi connectivity index (χ4n) is 1.34. The highest BCUT2D eigenvalue weighted by Crippen LogP contribution is 2.26. The molecule has 0 radical (unpaired) electrons. The Balaban J connectivity index is 2.72. The van der Waals surface area contributed by atoms with Crippen molar-refractivity contribution in [3.63, 3.8) is 0 Å². The van der Waals surface area contributed by atoms with Gasteiger partial charge >= 0.3 is 0 Å². The molecule has 72 valence electrons. The summed E-state index contributed by atoms with van der Waals surface area (Å²) >= 11 is 7.09. The molecule has 13 heavy (non-hydrogen) atoms. The van der Waals surface area contributed by atoms with Gasteiger partial charge in [0.1, 0.15) is 0 Å². The molecule has 0 aliphatic heterocycles. The molecular formula is C11H14Br2. The van der Waals surface area contributed by atoms with Gasteiger partial charge in [0.15, 0.2) is 0 Å². The Morgan fingerprint density at radius 3 is 2.08 bits per heavy atom. The number of halogens is 2. The Kier molecular flexibility index (Phi) is 5.04. The van der Waals surface area contributed by atoms with E-state index in [-0.39, 0.29) is 0 Å². The van der Waals surface area contributed by atoms with Crippen LogP contribution in [-0.4, -0.2) is 10.7 Å². The monoisotopic (exact) mass is 304 g/mol. The topological polar surface area (TPSA) is 0 Å². The second-order valence-electron chi connectivity index (χ2n) is 3.27. The Morgan fingerprint density at radius 1 is 1.08 bits per heavy atom. The highest BCUT2D eigenvalue weighted by atomic mass is 79.9. The predicted octanol–water partition coefficient (Wildman–Crippen LogP) is 4.20. The van der Waals surface area contributed by atoms with Crippen LogP contribution in [0.4, 0.5) is 0 Å². The number of hydrogen-bond donors (Lipinski definition) is 0. The highest BCUT2D eigenvalue weighted by Gasteiger charge is 2.15. The van der Waals surface area contributed by atoms with E-state index in [2.05, 4.69) is 69.1 Å². The largest absolute Gasteiger partial charge is 0.0925 e. The Hall–Kier alpha value is 0.180. The number of hydrogen-bond acceptors (Lipinski definition) is 0. The van der Waals surface area contributed by atoms with E-state index in [9.17, 15) is 0 Å². The van der Waals surface area contributed by atoms with Crippen LogP contribution in [0.1, 0.15) is 18.4 Å². The third-order valence-corrected chi connectivity index (χ3v) is 4.09. The van der Waals surface area contributed by atoms with Crippen molar-refractivity contribution in [3.05, 3.63) is 35.9 Å². The molecule has 1 aromatic carbocycles. The van der Waals surface area contributed by atoms with Crippen LogP contribution in [0, 0.1) is 5.92 Å². The van der Waals surface area contributed by atoms with Crippen LogP contribution in [0.3, 0.4) is 0 Å². The van der Waals surface area contributed by atoms with Crippen molar-refractivity contribution in [2.24, 2.45) is 5.92 Å². The molecule has 0 aliphatic carbocycles. The molecule has 0 spiro atoms. The van der Waals surface area contributed by atoms with Crippen molar-refractivity contribution in [1.29, 1.82) is 0 Å². The maximum absolute atomic E-state index is 3.54. The van der Waals surface area contributed by atoms with E-state index in [1.807, 2.05) is 0 Å². The molecule has 0 saturated carbocycles. The van der Waals surface area contributed by atoms with E-state index in [4.69, 9.17) is 0 Å². The molecule has 0 nitrogen and oxygen atoms in total. The van der Waals surface area contributed by atoms with Crippen LogP contribution < -0.4 is 0 Å². The minimum absolute atomic E-state index is 0.611. The molecule has 1 rings (SSSR count). The lowest BCUT2D eigenvalue weighted by atomic mass is 9.90. The molecule has 2 heteroatoms. The molecule has 1 atom stereocenters. The maximum atomic E-state index is 3.54. The fourth-order valence-corrected chi connectivity index (χ4v) is 3.53. The van der Waals surface area contributed by atoms with Gasteiger partial charge in [-0.2, -0.15) is 0 Å². The van der Waals surface area contributed by atoms with Crippen LogP contribution in [0.25, 0.3) is 0 Å². The van der Waals surface area contributed by atoms with Crippen molar-refractivity contribution in [3.8, 4) is 0 Å². The van der Waals surface area contributed by atoms with Crippen molar-refractivity contribution >= 4 is 31.9 Å². The number of benzene rings is 1. The second kappa shape index (κ2) is 5.82. The molecule has 0 aromatic heterocycles. The Labute approximate surface area is 97.0 Å². The van der Waals surface area contributed by atoms with Crippen molar-refractivity contribution in [2.75, 3.05) is 10.7 Å². The van der Waals surface area contributed by atoms with Crippen LogP contribution in [0.5, 0.6) is 0 Å². The Bertz CT molecular complexity index is 229. The summed E-state index contributed by atoms with van der Waals surface area (Å²) in [5, 5.41) is 2.10. The first kappa shape index (κ1) is 11.3. The normalized spacial score (nSPS) is 13.2. The smallest absolute Gasteiger partial charge is 0.00734 e. The first-order valence-corrected chi connectivity index (χ1v) is 6.70. The molecule has 0 bridgehead atoms. The molecule has 0 aliphatic rings. The summed E-state index contributed by atoms with van der Waals surface area (Å²) in [6.07, 6.45) is 0. The van der Waals surface area contributed by atoms with Crippen LogP contribution in [0.2, 0.25) is 0 Å². The van der Waals surface area contributed by atoms with Crippen LogP contribution >= 0.6 is 31.9 Å². The first-order chi connectivity index (χ1) is 6.29. The van der Waals surface area contributed by atoms with Crippen LogP contribution in [-0.2, 0) is 0 Å². The molecule has 0 fully saturated rings. The predicted molar refractivity (Wildman–Crippen MR) is 65.9 cm³/mol. The third-order valence-electron chi connectivity index (χ3n) is 2.43. The highest BCUT2D eigenvalue weighted by molar-refractivity contribution is 9.09. The summed E-state index contributed by atoms with van der Waals surface area (Å²) in [6.45, 7) is 2.28. The van der Waals surface area contributed by atoms with E-state index in [1.165, 1.54) is 5.56 Å². The van der Waals surface area contributed by atoms with Gasteiger partial charge in [0.05, 0.1) is 0 Å². The van der Waals surface area contributed by atoms with Gasteiger partial charge < -0.3 is 0 Å². The van der Waals surface area contributed by atoms with Gasteiger partial charge in [-0.3, -0.25) is 0 Å². The van der Waals surface area contributed by atoms with Gasteiger partial charge in [-0.25, -0.2) is 0 Å². The summed E-state index contributed by atoms with van der Waals surface area (Å²) in [5.74, 6) is 1.28. The zero-order valence-electron chi connectivity index (χ0n) is 7.71. The van der Waals surface area contributed by atoms with Gasteiger partial charge in [-0.15, -0.1) is 0 Å². The number of rotatable bonds is 4. The first-order valence-electron chi connectivity index (χ1n) is 4.46. The molecule has 0 heterocycles. The lowest BCUT2D eigenvalue weighted by Gasteiger charge is -2.19. The van der Waals surface area contributed by atoms with Gasteiger partial charge in [-0.1, -0.05) is 69.1 Å². The molecule has 0 unspecified atom stereocenters. The lowest BCUT2D eigenvalue weighted by molar-refractivity contribution is 0.559. The zero-order chi connectivity index (χ0) is 9.68. The van der Waals surface area contributed by atoms with Gasteiger partial charge in [-0.05, 0) is 17.4 Å². The Morgan fingerprint density at radius 2 is 1.62 bits per heavy atom. The SMILES string of the molecule is C[C@@H](c1ccccc1)C(CBr)CBr. The lowest BCUT2D eigenvalue weighted by Crippen LogP contribution is -2.12. The van der Waals surface area contributed by atoms with E-state index >= 15 is 0 Å². The summed E-state index contributed by atoms with van der Waals surface area (Å²) in [6, 6.07) is 10.7. The van der Waals surface area contributed by atoms with Crippen LogP contribution in [0.15, 0.2) is 30.3 Å². The third kappa shape index (κ3) is 3.10. The molecule has 1 aromatic rings. The van der Waals surface area contributed by atoms with E-state index in [1.54, 1.807) is 0 Å². The van der Waals surface area contributed by atoms with Gasteiger partial charge in [0, 0.05) is 10.7 Å². The standard InChI is InChI=1S/C11H14Br2/c1-9(11(7-12)8-13)10-5-3-2-4-6-10/h2-6,9,11H,7-8H2,1H3/t9-/m0/s1. The maximum Gasteiger partial charge on any atom is 0.00734 e. The second-order valence-corrected chi connectivity index (χ2v) is 4.56. The zero-order valence-corrected chi connectivity index (χ0v) is 10.9.